The van der Waals surface area contributed by atoms with Crippen molar-refractivity contribution in [2.45, 2.75) is 33.1 Å². The van der Waals surface area contributed by atoms with Crippen molar-refractivity contribution >= 4 is 0 Å². The molecule has 0 fully saturated rings. The SMILES string of the molecule is CCc1cc(OCCC[N+](C)(C)C)c(C)cc1OCCC[N+](C)(C)C. The molecule has 0 saturated heterocycles. The summed E-state index contributed by atoms with van der Waals surface area (Å²) < 4.78 is 14.0. The van der Waals surface area contributed by atoms with Crippen LogP contribution in [0.4, 0.5) is 0 Å². The van der Waals surface area contributed by atoms with Gasteiger partial charge in [0.1, 0.15) is 11.5 Å². The van der Waals surface area contributed by atoms with Crippen LogP contribution in [0.25, 0.3) is 0 Å². The number of ether oxygens (including phenoxy) is 2. The van der Waals surface area contributed by atoms with Gasteiger partial charge in [-0.15, -0.1) is 0 Å². The van der Waals surface area contributed by atoms with E-state index in [0.717, 1.165) is 71.6 Å². The molecule has 0 aliphatic carbocycles. The Morgan fingerprint density at radius 2 is 1.24 bits per heavy atom. The average Bonchev–Trinajstić information content (AvgIpc) is 2.47. The minimum absolute atomic E-state index is 0.767. The number of benzene rings is 1. The molecule has 0 heterocycles. The van der Waals surface area contributed by atoms with Crippen LogP contribution in [0.2, 0.25) is 0 Å². The average molecular weight is 353 g/mol. The fourth-order valence-electron chi connectivity index (χ4n) is 2.71. The highest BCUT2D eigenvalue weighted by Crippen LogP contribution is 2.29. The van der Waals surface area contributed by atoms with E-state index in [1.54, 1.807) is 0 Å². The van der Waals surface area contributed by atoms with Crippen molar-refractivity contribution in [2.75, 3.05) is 68.6 Å². The lowest BCUT2D eigenvalue weighted by molar-refractivity contribution is -0.870. The Hall–Kier alpha value is -1.26. The van der Waals surface area contributed by atoms with Crippen LogP contribution in [0, 0.1) is 6.92 Å². The Labute approximate surface area is 155 Å². The standard InChI is InChI=1S/C21H40N2O2/c1-9-19-17-20(24-14-10-12-22(3,4)5)18(2)16-21(19)25-15-11-13-23(6,7)8/h16-17H,9-15H2,1-8H3/q+2. The summed E-state index contributed by atoms with van der Waals surface area (Å²) in [7, 11) is 13.3. The highest BCUT2D eigenvalue weighted by Gasteiger charge is 2.11. The van der Waals surface area contributed by atoms with E-state index in [4.69, 9.17) is 9.47 Å². The van der Waals surface area contributed by atoms with E-state index in [0.29, 0.717) is 0 Å². The number of hydrogen-bond donors (Lipinski definition) is 0. The van der Waals surface area contributed by atoms with Crippen molar-refractivity contribution in [2.24, 2.45) is 0 Å². The maximum Gasteiger partial charge on any atom is 0.123 e. The second kappa shape index (κ2) is 9.44. The van der Waals surface area contributed by atoms with E-state index in [-0.39, 0.29) is 0 Å². The predicted octanol–water partition coefficient (Wildman–Crippen LogP) is 3.51. The zero-order valence-corrected chi connectivity index (χ0v) is 17.8. The molecule has 0 atom stereocenters. The summed E-state index contributed by atoms with van der Waals surface area (Å²) in [5, 5.41) is 0. The van der Waals surface area contributed by atoms with Crippen molar-refractivity contribution in [3.8, 4) is 11.5 Å². The van der Waals surface area contributed by atoms with E-state index >= 15 is 0 Å². The summed E-state index contributed by atoms with van der Waals surface area (Å²) in [6.45, 7) is 8.05. The Balaban J connectivity index is 2.60. The van der Waals surface area contributed by atoms with Crippen LogP contribution >= 0.6 is 0 Å². The minimum atomic E-state index is 0.767. The molecule has 0 aromatic heterocycles. The Kier molecular flexibility index (Phi) is 8.23. The van der Waals surface area contributed by atoms with Crippen LogP contribution in [0.3, 0.4) is 0 Å². The van der Waals surface area contributed by atoms with E-state index in [9.17, 15) is 0 Å². The molecule has 25 heavy (non-hydrogen) atoms. The number of aryl methyl sites for hydroxylation is 2. The van der Waals surface area contributed by atoms with Gasteiger partial charge in [0.25, 0.3) is 0 Å². The van der Waals surface area contributed by atoms with Crippen molar-refractivity contribution in [1.29, 1.82) is 0 Å². The van der Waals surface area contributed by atoms with Crippen LogP contribution < -0.4 is 9.47 Å². The third-order valence-corrected chi connectivity index (χ3v) is 4.20. The second-order valence-electron chi connectivity index (χ2n) is 9.01. The monoisotopic (exact) mass is 352 g/mol. The Morgan fingerprint density at radius 3 is 1.68 bits per heavy atom. The van der Waals surface area contributed by atoms with Gasteiger partial charge in [0, 0.05) is 12.8 Å². The van der Waals surface area contributed by atoms with Crippen molar-refractivity contribution in [3.63, 3.8) is 0 Å². The molecule has 0 aliphatic heterocycles. The molecule has 1 rings (SSSR count). The lowest BCUT2D eigenvalue weighted by Crippen LogP contribution is -2.36. The van der Waals surface area contributed by atoms with Gasteiger partial charge in [-0.05, 0) is 36.6 Å². The van der Waals surface area contributed by atoms with Crippen molar-refractivity contribution in [3.05, 3.63) is 23.3 Å². The molecule has 0 unspecified atom stereocenters. The van der Waals surface area contributed by atoms with Crippen LogP contribution in [-0.2, 0) is 6.42 Å². The molecule has 0 amide bonds. The smallest absolute Gasteiger partial charge is 0.123 e. The highest BCUT2D eigenvalue weighted by atomic mass is 16.5. The van der Waals surface area contributed by atoms with Crippen LogP contribution in [0.15, 0.2) is 12.1 Å². The van der Waals surface area contributed by atoms with Gasteiger partial charge >= 0.3 is 0 Å². The molecule has 4 nitrogen and oxygen atoms in total. The first-order chi connectivity index (χ1) is 11.5. The quantitative estimate of drug-likeness (QED) is 0.448. The van der Waals surface area contributed by atoms with E-state index in [1.165, 1.54) is 5.56 Å². The molecule has 1 aromatic rings. The number of rotatable bonds is 11. The first kappa shape index (κ1) is 21.8. The summed E-state index contributed by atoms with van der Waals surface area (Å²) in [4.78, 5) is 0. The van der Waals surface area contributed by atoms with Gasteiger partial charge in [-0.2, -0.15) is 0 Å². The molecule has 1 aromatic carbocycles. The van der Waals surface area contributed by atoms with Gasteiger partial charge in [-0.3, -0.25) is 0 Å². The maximum atomic E-state index is 6.06. The van der Waals surface area contributed by atoms with Gasteiger partial charge in [0.05, 0.1) is 68.6 Å². The fraction of sp³-hybridized carbons (Fsp3) is 0.714. The first-order valence-electron chi connectivity index (χ1n) is 9.52. The minimum Gasteiger partial charge on any atom is -0.493 e. The van der Waals surface area contributed by atoms with Crippen molar-refractivity contribution < 1.29 is 18.4 Å². The van der Waals surface area contributed by atoms with Crippen LogP contribution in [0.5, 0.6) is 11.5 Å². The van der Waals surface area contributed by atoms with E-state index in [2.05, 4.69) is 68.3 Å². The van der Waals surface area contributed by atoms with Gasteiger partial charge in [0.15, 0.2) is 0 Å². The number of quaternary nitrogens is 2. The number of hydrogen-bond acceptors (Lipinski definition) is 2. The normalized spacial score (nSPS) is 12.3. The Bertz CT molecular complexity index is 528. The summed E-state index contributed by atoms with van der Waals surface area (Å²) in [5.41, 5.74) is 2.39. The zero-order chi connectivity index (χ0) is 19.1. The summed E-state index contributed by atoms with van der Waals surface area (Å²) in [6, 6.07) is 4.30. The second-order valence-corrected chi connectivity index (χ2v) is 9.01. The lowest BCUT2D eigenvalue weighted by atomic mass is 10.1. The number of nitrogens with zero attached hydrogens (tertiary/aromatic N) is 2. The molecule has 0 spiro atoms. The maximum absolute atomic E-state index is 6.06. The Morgan fingerprint density at radius 1 is 0.760 bits per heavy atom. The summed E-state index contributed by atoms with van der Waals surface area (Å²) >= 11 is 0. The predicted molar refractivity (Wildman–Crippen MR) is 107 cm³/mol. The fourth-order valence-corrected chi connectivity index (χ4v) is 2.71. The van der Waals surface area contributed by atoms with Crippen LogP contribution in [0.1, 0.15) is 30.9 Å². The lowest BCUT2D eigenvalue weighted by Gasteiger charge is -2.24. The van der Waals surface area contributed by atoms with Gasteiger partial charge in [-0.25, -0.2) is 0 Å². The third kappa shape index (κ3) is 9.13. The molecule has 0 aliphatic rings. The zero-order valence-electron chi connectivity index (χ0n) is 17.8. The molecule has 0 radical (unpaired) electrons. The van der Waals surface area contributed by atoms with Crippen LogP contribution in [-0.4, -0.2) is 77.6 Å². The molecule has 4 heteroatoms. The van der Waals surface area contributed by atoms with Gasteiger partial charge < -0.3 is 18.4 Å². The first-order valence-corrected chi connectivity index (χ1v) is 9.52. The third-order valence-electron chi connectivity index (χ3n) is 4.20. The molecule has 0 bridgehead atoms. The summed E-state index contributed by atoms with van der Waals surface area (Å²) in [5.74, 6) is 2.01. The van der Waals surface area contributed by atoms with Gasteiger partial charge in [-0.1, -0.05) is 6.92 Å². The topological polar surface area (TPSA) is 18.5 Å². The molecule has 0 N–H and O–H groups in total. The van der Waals surface area contributed by atoms with Crippen molar-refractivity contribution in [1.82, 2.24) is 0 Å². The largest absolute Gasteiger partial charge is 0.493 e. The van der Waals surface area contributed by atoms with E-state index in [1.807, 2.05) is 0 Å². The van der Waals surface area contributed by atoms with Gasteiger partial charge in [0.2, 0.25) is 0 Å². The summed E-state index contributed by atoms with van der Waals surface area (Å²) in [6.07, 6.45) is 3.09. The highest BCUT2D eigenvalue weighted by molar-refractivity contribution is 5.46. The molecule has 144 valence electrons. The molecular weight excluding hydrogens is 312 g/mol. The molecular formula is C21H40N2O2+2. The molecule has 0 saturated carbocycles. The van der Waals surface area contributed by atoms with E-state index < -0.39 is 0 Å².